The van der Waals surface area contributed by atoms with E-state index in [0.717, 1.165) is 23.3 Å². The minimum Gasteiger partial charge on any atom is -0.463 e. The van der Waals surface area contributed by atoms with Crippen LogP contribution in [0.25, 0.3) is 0 Å². The molecule has 0 aliphatic carbocycles. The normalized spacial score (nSPS) is 10.5. The van der Waals surface area contributed by atoms with E-state index in [2.05, 4.69) is 5.32 Å². The Balaban J connectivity index is 2.03. The van der Waals surface area contributed by atoms with Crippen LogP contribution < -0.4 is 5.32 Å². The van der Waals surface area contributed by atoms with Crippen molar-refractivity contribution >= 4 is 23.1 Å². The Morgan fingerprint density at radius 3 is 2.80 bits per heavy atom. The molecular weight excluding hydrogens is 283 g/mol. The number of nitrogens with one attached hydrogen (secondary N) is 1. The van der Waals surface area contributed by atoms with Gasteiger partial charge in [-0.15, -0.1) is 0 Å². The third-order valence-electron chi connectivity index (χ3n) is 2.61. The highest BCUT2D eigenvalue weighted by atomic mass is 32.2. The number of nitro benzene ring substituents is 1. The third kappa shape index (κ3) is 3.51. The van der Waals surface area contributed by atoms with Gasteiger partial charge in [-0.3, -0.25) is 10.1 Å². The molecule has 0 aliphatic heterocycles. The van der Waals surface area contributed by atoms with Crippen molar-refractivity contribution in [2.45, 2.75) is 12.3 Å². The molecule has 0 fully saturated rings. The molecule has 5 nitrogen and oxygen atoms in total. The Morgan fingerprint density at radius 2 is 2.10 bits per heavy atom. The van der Waals surface area contributed by atoms with Gasteiger partial charge in [-0.1, -0.05) is 0 Å². The maximum absolute atomic E-state index is 13.2. The van der Waals surface area contributed by atoms with Gasteiger partial charge in [0.1, 0.15) is 11.5 Å². The van der Waals surface area contributed by atoms with E-state index < -0.39 is 16.4 Å². The van der Waals surface area contributed by atoms with E-state index in [1.165, 1.54) is 12.1 Å². The minimum atomic E-state index is -0.846. The summed E-state index contributed by atoms with van der Waals surface area (Å²) in [4.78, 5) is 9.89. The molecule has 106 valence electrons. The van der Waals surface area contributed by atoms with Gasteiger partial charge in [0.05, 0.1) is 17.2 Å². The van der Waals surface area contributed by atoms with Gasteiger partial charge in [-0.2, -0.15) is 16.2 Å². The second-order valence-corrected chi connectivity index (χ2v) is 4.94. The Kier molecular flexibility index (Phi) is 4.62. The lowest BCUT2D eigenvalue weighted by molar-refractivity contribution is -0.387. The van der Waals surface area contributed by atoms with Gasteiger partial charge in [0.2, 0.25) is 5.82 Å². The Bertz CT molecular complexity index is 615. The number of benzene rings is 1. The Morgan fingerprint density at radius 1 is 1.35 bits per heavy atom. The summed E-state index contributed by atoms with van der Waals surface area (Å²) in [7, 11) is 0. The largest absolute Gasteiger partial charge is 0.463 e. The molecule has 0 saturated heterocycles. The van der Waals surface area contributed by atoms with Crippen LogP contribution in [0.2, 0.25) is 0 Å². The van der Waals surface area contributed by atoms with Crippen molar-refractivity contribution in [2.75, 3.05) is 11.6 Å². The second kappa shape index (κ2) is 6.42. The van der Waals surface area contributed by atoms with Crippen molar-refractivity contribution in [3.8, 4) is 0 Å². The van der Waals surface area contributed by atoms with E-state index in [1.54, 1.807) is 11.8 Å². The van der Waals surface area contributed by atoms with Crippen LogP contribution in [-0.2, 0) is 12.3 Å². The first kappa shape index (κ1) is 14.4. The number of anilines is 1. The van der Waals surface area contributed by atoms with Crippen molar-refractivity contribution in [1.29, 1.82) is 0 Å². The highest BCUT2D eigenvalue weighted by Crippen LogP contribution is 2.22. The summed E-state index contributed by atoms with van der Waals surface area (Å²) >= 11 is 1.66. The molecule has 0 bridgehead atoms. The molecule has 1 N–H and O–H groups in total. The standard InChI is InChI=1S/C13H13FN2O3S/c1-20-8-11-4-3-10(19-11)7-15-9-2-5-12(14)13(6-9)16(17)18/h2-6,15H,7-8H2,1H3. The fourth-order valence-corrected chi connectivity index (χ4v) is 2.13. The van der Waals surface area contributed by atoms with Crippen molar-refractivity contribution < 1.29 is 13.7 Å². The average Bonchev–Trinajstić information content (AvgIpc) is 2.86. The van der Waals surface area contributed by atoms with Crippen LogP contribution >= 0.6 is 11.8 Å². The average molecular weight is 296 g/mol. The van der Waals surface area contributed by atoms with Crippen molar-refractivity contribution in [3.63, 3.8) is 0 Å². The monoisotopic (exact) mass is 296 g/mol. The first-order valence-electron chi connectivity index (χ1n) is 5.84. The van der Waals surface area contributed by atoms with Crippen LogP contribution in [0.3, 0.4) is 0 Å². The molecule has 0 amide bonds. The maximum Gasteiger partial charge on any atom is 0.306 e. The van der Waals surface area contributed by atoms with Crippen LogP contribution in [-0.4, -0.2) is 11.2 Å². The second-order valence-electron chi connectivity index (χ2n) is 4.08. The number of hydrogen-bond acceptors (Lipinski definition) is 5. The third-order valence-corrected chi connectivity index (χ3v) is 3.19. The predicted molar refractivity (Wildman–Crippen MR) is 76.3 cm³/mol. The van der Waals surface area contributed by atoms with E-state index in [9.17, 15) is 14.5 Å². The summed E-state index contributed by atoms with van der Waals surface area (Å²) in [6.07, 6.45) is 1.98. The van der Waals surface area contributed by atoms with Crippen molar-refractivity contribution in [1.82, 2.24) is 0 Å². The molecule has 0 spiro atoms. The molecule has 2 aromatic rings. The lowest BCUT2D eigenvalue weighted by Gasteiger charge is -2.04. The van der Waals surface area contributed by atoms with Gasteiger partial charge in [0.25, 0.3) is 0 Å². The molecule has 0 radical (unpaired) electrons. The van der Waals surface area contributed by atoms with Crippen LogP contribution in [0.15, 0.2) is 34.7 Å². The zero-order valence-electron chi connectivity index (χ0n) is 10.8. The van der Waals surface area contributed by atoms with Crippen LogP contribution in [0, 0.1) is 15.9 Å². The van der Waals surface area contributed by atoms with Gasteiger partial charge in [-0.25, -0.2) is 0 Å². The lowest BCUT2D eigenvalue weighted by atomic mass is 10.2. The topological polar surface area (TPSA) is 68.3 Å². The molecule has 7 heteroatoms. The minimum absolute atomic E-state index is 0.386. The molecule has 1 aromatic carbocycles. The van der Waals surface area contributed by atoms with Gasteiger partial charge in [-0.05, 0) is 30.5 Å². The van der Waals surface area contributed by atoms with Crippen LogP contribution in [0.5, 0.6) is 0 Å². The first-order valence-corrected chi connectivity index (χ1v) is 7.24. The SMILES string of the molecule is CSCc1ccc(CNc2ccc(F)c([N+](=O)[O-])c2)o1. The first-order chi connectivity index (χ1) is 9.60. The fourth-order valence-electron chi connectivity index (χ4n) is 1.69. The molecule has 1 aromatic heterocycles. The van der Waals surface area contributed by atoms with Crippen LogP contribution in [0.1, 0.15) is 11.5 Å². The molecule has 1 heterocycles. The summed E-state index contributed by atoms with van der Waals surface area (Å²) in [6.45, 7) is 0.386. The number of furan rings is 1. The molecule has 0 atom stereocenters. The number of nitrogens with zero attached hydrogens (tertiary/aromatic N) is 1. The number of thioether (sulfide) groups is 1. The smallest absolute Gasteiger partial charge is 0.306 e. The Hall–Kier alpha value is -2.02. The van der Waals surface area contributed by atoms with Crippen LogP contribution in [0.4, 0.5) is 15.8 Å². The molecular formula is C13H13FN2O3S. The molecule has 20 heavy (non-hydrogen) atoms. The number of hydrogen-bond donors (Lipinski definition) is 1. The number of rotatable bonds is 6. The molecule has 0 saturated carbocycles. The molecule has 0 unspecified atom stereocenters. The summed E-state index contributed by atoms with van der Waals surface area (Å²) in [6, 6.07) is 7.42. The van der Waals surface area contributed by atoms with E-state index in [1.807, 2.05) is 18.4 Å². The zero-order chi connectivity index (χ0) is 14.5. The zero-order valence-corrected chi connectivity index (χ0v) is 11.6. The number of nitro groups is 1. The molecule has 0 aliphatic rings. The molecule has 2 rings (SSSR count). The van der Waals surface area contributed by atoms with Crippen molar-refractivity contribution in [2.24, 2.45) is 0 Å². The predicted octanol–water partition coefficient (Wildman–Crippen LogP) is 3.80. The van der Waals surface area contributed by atoms with Gasteiger partial charge < -0.3 is 9.73 Å². The van der Waals surface area contributed by atoms with E-state index >= 15 is 0 Å². The van der Waals surface area contributed by atoms with Gasteiger partial charge >= 0.3 is 5.69 Å². The summed E-state index contributed by atoms with van der Waals surface area (Å²) in [5.41, 5.74) is -0.0709. The quantitative estimate of drug-likeness (QED) is 0.648. The van der Waals surface area contributed by atoms with E-state index in [4.69, 9.17) is 4.42 Å². The highest BCUT2D eigenvalue weighted by Gasteiger charge is 2.14. The Labute approximate surface area is 119 Å². The summed E-state index contributed by atoms with van der Waals surface area (Å²) in [5.74, 6) is 1.54. The van der Waals surface area contributed by atoms with E-state index in [0.29, 0.717) is 12.2 Å². The maximum atomic E-state index is 13.2. The van der Waals surface area contributed by atoms with E-state index in [-0.39, 0.29) is 0 Å². The van der Waals surface area contributed by atoms with Gasteiger partial charge in [0.15, 0.2) is 0 Å². The summed E-state index contributed by atoms with van der Waals surface area (Å²) in [5, 5.41) is 13.6. The summed E-state index contributed by atoms with van der Waals surface area (Å²) < 4.78 is 18.7. The number of halogens is 1. The van der Waals surface area contributed by atoms with Gasteiger partial charge in [0, 0.05) is 11.8 Å². The lowest BCUT2D eigenvalue weighted by Crippen LogP contribution is -2.00. The van der Waals surface area contributed by atoms with Crippen molar-refractivity contribution in [3.05, 3.63) is 57.8 Å². The highest BCUT2D eigenvalue weighted by molar-refractivity contribution is 7.97. The fraction of sp³-hybridized carbons (Fsp3) is 0.231.